The number of likely N-dealkylation sites (N-methyl/N-ethyl adjacent to an activating group) is 1. The molecule has 134 valence electrons. The van der Waals surface area contributed by atoms with Crippen LogP contribution in [0.2, 0.25) is 0 Å². The van der Waals surface area contributed by atoms with Crippen molar-refractivity contribution in [1.29, 1.82) is 0 Å². The molecule has 0 unspecified atom stereocenters. The van der Waals surface area contributed by atoms with Gasteiger partial charge in [0.05, 0.1) is 20.8 Å². The molecule has 8 heteroatoms. The number of nitrogens with one attached hydrogen (secondary N) is 1. The minimum Gasteiger partial charge on any atom is -0.497 e. The average Bonchev–Trinajstić information content (AvgIpc) is 2.65. The molecule has 0 aliphatic carbocycles. The highest BCUT2D eigenvalue weighted by Gasteiger charge is 2.22. The van der Waals surface area contributed by atoms with Gasteiger partial charge in [0.25, 0.3) is 0 Å². The fourth-order valence-corrected chi connectivity index (χ4v) is 3.27. The first-order chi connectivity index (χ1) is 11.9. The Kier molecular flexibility index (Phi) is 6.00. The van der Waals surface area contributed by atoms with E-state index in [9.17, 15) is 13.2 Å². The van der Waals surface area contributed by atoms with E-state index in [-0.39, 0.29) is 23.1 Å². The topological polar surface area (TPSA) is 84.9 Å². The number of anilines is 1. The zero-order valence-corrected chi connectivity index (χ0v) is 15.0. The lowest BCUT2D eigenvalue weighted by Gasteiger charge is -2.18. The first-order valence-electron chi connectivity index (χ1n) is 7.42. The summed E-state index contributed by atoms with van der Waals surface area (Å²) in [6, 6.07) is 13.3. The van der Waals surface area contributed by atoms with Gasteiger partial charge in [-0.1, -0.05) is 18.2 Å². The van der Waals surface area contributed by atoms with Crippen LogP contribution in [-0.4, -0.2) is 42.1 Å². The van der Waals surface area contributed by atoms with Crippen molar-refractivity contribution in [2.75, 3.05) is 32.7 Å². The van der Waals surface area contributed by atoms with E-state index < -0.39 is 10.0 Å². The van der Waals surface area contributed by atoms with Crippen LogP contribution in [0, 0.1) is 0 Å². The van der Waals surface area contributed by atoms with Gasteiger partial charge in [0.2, 0.25) is 15.9 Å². The number of amides is 1. The summed E-state index contributed by atoms with van der Waals surface area (Å²) in [5.74, 6) is 0.216. The number of carbonyl (C=O) groups excluding carboxylic acids is 1. The number of para-hydroxylation sites is 1. The lowest BCUT2D eigenvalue weighted by molar-refractivity contribution is -0.117. The minimum absolute atomic E-state index is 0.0639. The van der Waals surface area contributed by atoms with Crippen molar-refractivity contribution in [3.05, 3.63) is 48.5 Å². The molecule has 0 aromatic heterocycles. The Morgan fingerprint density at radius 3 is 2.36 bits per heavy atom. The maximum atomic E-state index is 12.5. The summed E-state index contributed by atoms with van der Waals surface area (Å²) in [5.41, 5.74) is 0.675. The number of ether oxygens (including phenoxy) is 2. The maximum Gasteiger partial charge on any atom is 0.244 e. The highest BCUT2D eigenvalue weighted by atomic mass is 32.2. The Hall–Kier alpha value is -2.58. The van der Waals surface area contributed by atoms with Crippen molar-refractivity contribution < 1.29 is 22.7 Å². The number of hydrogen-bond acceptors (Lipinski definition) is 5. The lowest BCUT2D eigenvalue weighted by Crippen LogP contribution is -2.38. The second kappa shape index (κ2) is 8.00. The molecule has 0 aliphatic rings. The number of carbonyl (C=O) groups is 1. The minimum atomic E-state index is -3.92. The number of nitrogens with zero attached hydrogens (tertiary/aromatic N) is 1. The molecule has 2 rings (SSSR count). The third-order valence-electron chi connectivity index (χ3n) is 3.59. The third-order valence-corrected chi connectivity index (χ3v) is 5.03. The van der Waals surface area contributed by atoms with E-state index in [4.69, 9.17) is 9.47 Å². The Bertz CT molecular complexity index is 837. The van der Waals surface area contributed by atoms with E-state index in [1.165, 1.54) is 37.3 Å². The summed E-state index contributed by atoms with van der Waals surface area (Å²) in [7, 11) is 0.501. The van der Waals surface area contributed by atoms with Gasteiger partial charge in [-0.3, -0.25) is 4.79 Å². The third kappa shape index (κ3) is 4.49. The first-order valence-corrected chi connectivity index (χ1v) is 8.90. The van der Waals surface area contributed by atoms with Crippen LogP contribution in [0.5, 0.6) is 11.5 Å². The predicted molar refractivity (Wildman–Crippen MR) is 94.6 cm³/mol. The second-order valence-corrected chi connectivity index (χ2v) is 6.87. The fourth-order valence-electron chi connectivity index (χ4n) is 2.15. The fraction of sp³-hybridized carbons (Fsp3) is 0.235. The van der Waals surface area contributed by atoms with Crippen LogP contribution in [0.1, 0.15) is 0 Å². The van der Waals surface area contributed by atoms with Crippen LogP contribution >= 0.6 is 0 Å². The Morgan fingerprint density at radius 2 is 1.76 bits per heavy atom. The molecule has 7 nitrogen and oxygen atoms in total. The van der Waals surface area contributed by atoms with Crippen LogP contribution in [0.25, 0.3) is 0 Å². The molecule has 0 atom stereocenters. The number of hydrogen-bond donors (Lipinski definition) is 1. The summed E-state index contributed by atoms with van der Waals surface area (Å²) in [5, 5.41) is 0. The molecule has 0 spiro atoms. The summed E-state index contributed by atoms with van der Waals surface area (Å²) < 4.78 is 37.4. The van der Waals surface area contributed by atoms with Gasteiger partial charge in [-0.15, -0.1) is 0 Å². The quantitative estimate of drug-likeness (QED) is 0.807. The van der Waals surface area contributed by atoms with E-state index in [1.54, 1.807) is 31.3 Å². The van der Waals surface area contributed by atoms with Gasteiger partial charge in [-0.25, -0.2) is 13.1 Å². The molecule has 0 aliphatic heterocycles. The molecule has 0 radical (unpaired) electrons. The monoisotopic (exact) mass is 364 g/mol. The van der Waals surface area contributed by atoms with Gasteiger partial charge in [0, 0.05) is 18.8 Å². The Morgan fingerprint density at radius 1 is 1.08 bits per heavy atom. The smallest absolute Gasteiger partial charge is 0.244 e. The molecule has 2 aromatic carbocycles. The zero-order chi connectivity index (χ0) is 18.4. The highest BCUT2D eigenvalue weighted by Crippen LogP contribution is 2.28. The van der Waals surface area contributed by atoms with Crippen molar-refractivity contribution in [1.82, 2.24) is 4.72 Å². The molecule has 1 amide bonds. The van der Waals surface area contributed by atoms with Crippen molar-refractivity contribution in [3.63, 3.8) is 0 Å². The maximum absolute atomic E-state index is 12.5. The molecule has 25 heavy (non-hydrogen) atoms. The molecule has 1 N–H and O–H groups in total. The average molecular weight is 364 g/mol. The van der Waals surface area contributed by atoms with Gasteiger partial charge in [-0.05, 0) is 24.3 Å². The second-order valence-electron chi connectivity index (χ2n) is 5.13. The summed E-state index contributed by atoms with van der Waals surface area (Å²) in [6.45, 7) is -0.372. The zero-order valence-electron chi connectivity index (χ0n) is 14.2. The highest BCUT2D eigenvalue weighted by molar-refractivity contribution is 7.89. The van der Waals surface area contributed by atoms with Gasteiger partial charge in [0.1, 0.15) is 16.4 Å². The molecule has 0 saturated carbocycles. The molecular weight excluding hydrogens is 344 g/mol. The Balaban J connectivity index is 2.13. The van der Waals surface area contributed by atoms with E-state index in [1.807, 2.05) is 6.07 Å². The number of benzene rings is 2. The van der Waals surface area contributed by atoms with Crippen molar-refractivity contribution >= 4 is 21.6 Å². The van der Waals surface area contributed by atoms with E-state index >= 15 is 0 Å². The molecule has 0 fully saturated rings. The van der Waals surface area contributed by atoms with Gasteiger partial charge in [-0.2, -0.15) is 0 Å². The Labute approximate surface area is 147 Å². The number of rotatable bonds is 7. The standard InChI is InChI=1S/C17H20N2O5S/c1-19(13-7-5-4-6-8-13)17(20)12-18-25(21,22)16-10-9-14(23-2)11-15(16)24-3/h4-11,18H,12H2,1-3H3. The SMILES string of the molecule is COc1ccc(S(=O)(=O)NCC(=O)N(C)c2ccccc2)c(OC)c1. The lowest BCUT2D eigenvalue weighted by atomic mass is 10.3. The summed E-state index contributed by atoms with van der Waals surface area (Å²) in [4.78, 5) is 13.5. The summed E-state index contributed by atoms with van der Waals surface area (Å²) >= 11 is 0. The normalized spacial score (nSPS) is 11.0. The van der Waals surface area contributed by atoms with E-state index in [0.717, 1.165) is 0 Å². The predicted octanol–water partition coefficient (Wildman–Crippen LogP) is 1.65. The van der Waals surface area contributed by atoms with Crippen LogP contribution < -0.4 is 19.1 Å². The largest absolute Gasteiger partial charge is 0.497 e. The van der Waals surface area contributed by atoms with Crippen LogP contribution in [0.15, 0.2) is 53.4 Å². The van der Waals surface area contributed by atoms with E-state index in [2.05, 4.69) is 4.72 Å². The van der Waals surface area contributed by atoms with E-state index in [0.29, 0.717) is 11.4 Å². The number of sulfonamides is 1. The number of methoxy groups -OCH3 is 2. The summed E-state index contributed by atoms with van der Waals surface area (Å²) in [6.07, 6.45) is 0. The molecular formula is C17H20N2O5S. The van der Waals surface area contributed by atoms with Crippen molar-refractivity contribution in [2.24, 2.45) is 0 Å². The van der Waals surface area contributed by atoms with Crippen molar-refractivity contribution in [3.8, 4) is 11.5 Å². The van der Waals surface area contributed by atoms with Crippen molar-refractivity contribution in [2.45, 2.75) is 4.90 Å². The van der Waals surface area contributed by atoms with Gasteiger partial charge >= 0.3 is 0 Å². The molecule has 0 heterocycles. The van der Waals surface area contributed by atoms with Gasteiger partial charge < -0.3 is 14.4 Å². The molecule has 2 aromatic rings. The van der Waals surface area contributed by atoms with Crippen LogP contribution in [-0.2, 0) is 14.8 Å². The molecule has 0 bridgehead atoms. The van der Waals surface area contributed by atoms with Crippen LogP contribution in [0.4, 0.5) is 5.69 Å². The van der Waals surface area contributed by atoms with Gasteiger partial charge in [0.15, 0.2) is 0 Å². The van der Waals surface area contributed by atoms with Crippen LogP contribution in [0.3, 0.4) is 0 Å². The first kappa shape index (κ1) is 18.8. The molecule has 0 saturated heterocycles.